The number of carbonyl (C=O) groups excluding carboxylic acids is 2. The molecule has 150 valence electrons. The van der Waals surface area contributed by atoms with Gasteiger partial charge in [0, 0.05) is 46.6 Å². The van der Waals surface area contributed by atoms with Crippen LogP contribution < -0.4 is 0 Å². The third-order valence-electron chi connectivity index (χ3n) is 3.90. The molecule has 0 fully saturated rings. The molecule has 6 nitrogen and oxygen atoms in total. The highest BCUT2D eigenvalue weighted by molar-refractivity contribution is 9.10. The topological polar surface area (TPSA) is 78.4 Å². The van der Waals surface area contributed by atoms with Gasteiger partial charge in [0.15, 0.2) is 5.41 Å². The molecule has 28 heavy (non-hydrogen) atoms. The first-order valence-corrected chi connectivity index (χ1v) is 10.1. The van der Waals surface area contributed by atoms with Crippen molar-refractivity contribution in [2.24, 2.45) is 5.41 Å². The summed E-state index contributed by atoms with van der Waals surface area (Å²) in [5.74, 6) is -1.31. The van der Waals surface area contributed by atoms with Crippen molar-refractivity contribution in [1.29, 1.82) is 0 Å². The number of aromatic nitrogens is 2. The molecule has 0 radical (unpaired) electrons. The van der Waals surface area contributed by atoms with E-state index >= 15 is 0 Å². The fourth-order valence-electron chi connectivity index (χ4n) is 2.81. The third-order valence-corrected chi connectivity index (χ3v) is 4.77. The summed E-state index contributed by atoms with van der Waals surface area (Å²) in [6.07, 6.45) is 6.66. The number of carbonyl (C=O) groups is 2. The van der Waals surface area contributed by atoms with Crippen molar-refractivity contribution in [2.45, 2.75) is 39.2 Å². The minimum Gasteiger partial charge on any atom is -0.468 e. The number of hydrogen-bond acceptors (Lipinski definition) is 6. The van der Waals surface area contributed by atoms with Gasteiger partial charge in [-0.1, -0.05) is 0 Å². The molecule has 0 unspecified atom stereocenters. The third kappa shape index (κ3) is 5.85. The molecule has 0 saturated heterocycles. The van der Waals surface area contributed by atoms with Gasteiger partial charge in [-0.05, 0) is 75.9 Å². The van der Waals surface area contributed by atoms with Crippen LogP contribution in [-0.4, -0.2) is 34.6 Å². The Morgan fingerprint density at radius 3 is 1.71 bits per heavy atom. The molecule has 0 atom stereocenters. The van der Waals surface area contributed by atoms with Gasteiger partial charge < -0.3 is 9.47 Å². The second-order valence-corrected chi connectivity index (χ2v) is 9.28. The summed E-state index contributed by atoms with van der Waals surface area (Å²) in [6, 6.07) is 3.63. The summed E-state index contributed by atoms with van der Waals surface area (Å²) < 4.78 is 12.2. The summed E-state index contributed by atoms with van der Waals surface area (Å²) in [7, 11) is 1.26. The molecule has 2 heterocycles. The smallest absolute Gasteiger partial charge is 0.324 e. The first-order valence-electron chi connectivity index (χ1n) is 8.56. The lowest BCUT2D eigenvalue weighted by atomic mass is 9.76. The molecule has 2 aromatic heterocycles. The number of methoxy groups -OCH3 is 1. The number of nitrogens with zero attached hydrogens (tertiary/aromatic N) is 2. The monoisotopic (exact) mass is 512 g/mol. The first kappa shape index (κ1) is 22.5. The van der Waals surface area contributed by atoms with Crippen molar-refractivity contribution in [3.8, 4) is 0 Å². The van der Waals surface area contributed by atoms with Crippen molar-refractivity contribution < 1.29 is 19.1 Å². The van der Waals surface area contributed by atoms with Gasteiger partial charge in [-0.2, -0.15) is 0 Å². The highest BCUT2D eigenvalue weighted by Gasteiger charge is 2.50. The lowest BCUT2D eigenvalue weighted by Gasteiger charge is -2.32. The van der Waals surface area contributed by atoms with Gasteiger partial charge in [0.05, 0.1) is 7.11 Å². The van der Waals surface area contributed by atoms with Crippen LogP contribution in [-0.2, 0) is 31.9 Å². The number of ether oxygens (including phenoxy) is 2. The van der Waals surface area contributed by atoms with E-state index in [9.17, 15) is 9.59 Å². The number of rotatable bonds is 6. The second kappa shape index (κ2) is 9.13. The van der Waals surface area contributed by atoms with Crippen LogP contribution in [0.15, 0.2) is 45.9 Å². The predicted octanol–water partition coefficient (Wildman–Crippen LogP) is 4.29. The Bertz CT molecular complexity index is 818. The zero-order chi connectivity index (χ0) is 20.9. The molecule has 0 aliphatic heterocycles. The average Bonchev–Trinajstić information content (AvgIpc) is 2.59. The summed E-state index contributed by atoms with van der Waals surface area (Å²) in [5, 5.41) is 0. The molecule has 0 aliphatic carbocycles. The van der Waals surface area contributed by atoms with E-state index in [2.05, 4.69) is 41.8 Å². The average molecular weight is 514 g/mol. The number of hydrogen-bond donors (Lipinski definition) is 0. The zero-order valence-electron chi connectivity index (χ0n) is 16.2. The van der Waals surface area contributed by atoms with Crippen molar-refractivity contribution in [3.05, 3.63) is 57.0 Å². The molecule has 0 bridgehead atoms. The van der Waals surface area contributed by atoms with Crippen LogP contribution in [0, 0.1) is 5.41 Å². The quantitative estimate of drug-likeness (QED) is 0.423. The first-order chi connectivity index (χ1) is 13.1. The van der Waals surface area contributed by atoms with Gasteiger partial charge >= 0.3 is 11.9 Å². The van der Waals surface area contributed by atoms with Crippen molar-refractivity contribution in [1.82, 2.24) is 9.97 Å². The molecule has 2 aromatic rings. The number of pyridine rings is 2. The van der Waals surface area contributed by atoms with Gasteiger partial charge in [0.1, 0.15) is 5.60 Å². The molecular weight excluding hydrogens is 492 g/mol. The summed E-state index contributed by atoms with van der Waals surface area (Å²) >= 11 is 6.75. The molecule has 0 saturated carbocycles. The maximum Gasteiger partial charge on any atom is 0.324 e. The van der Waals surface area contributed by atoms with Crippen LogP contribution in [0.5, 0.6) is 0 Å². The Morgan fingerprint density at radius 1 is 0.893 bits per heavy atom. The maximum absolute atomic E-state index is 13.3. The van der Waals surface area contributed by atoms with Crippen LogP contribution in [0.4, 0.5) is 0 Å². The van der Waals surface area contributed by atoms with E-state index in [4.69, 9.17) is 9.47 Å². The molecule has 0 aromatic carbocycles. The molecule has 2 rings (SSSR count). The van der Waals surface area contributed by atoms with Crippen LogP contribution >= 0.6 is 31.9 Å². The van der Waals surface area contributed by atoms with Crippen LogP contribution in [0.3, 0.4) is 0 Å². The molecule has 0 spiro atoms. The van der Waals surface area contributed by atoms with Gasteiger partial charge in [-0.3, -0.25) is 19.6 Å². The summed E-state index contributed by atoms with van der Waals surface area (Å²) in [5.41, 5.74) is -0.934. The Hall–Kier alpha value is -1.80. The van der Waals surface area contributed by atoms with Crippen molar-refractivity contribution in [3.63, 3.8) is 0 Å². The summed E-state index contributed by atoms with van der Waals surface area (Å²) in [6.45, 7) is 5.27. The molecule has 8 heteroatoms. The molecule has 0 N–H and O–H groups in total. The lowest BCUT2D eigenvalue weighted by molar-refractivity contribution is -0.178. The van der Waals surface area contributed by atoms with Gasteiger partial charge in [-0.15, -0.1) is 0 Å². The van der Waals surface area contributed by atoms with E-state index in [1.54, 1.807) is 45.6 Å². The zero-order valence-corrected chi connectivity index (χ0v) is 19.3. The van der Waals surface area contributed by atoms with E-state index in [1.807, 2.05) is 12.1 Å². The van der Waals surface area contributed by atoms with E-state index in [0.29, 0.717) is 11.1 Å². The highest BCUT2D eigenvalue weighted by atomic mass is 79.9. The van der Waals surface area contributed by atoms with E-state index in [1.165, 1.54) is 7.11 Å². The Kier molecular flexibility index (Phi) is 7.33. The minimum atomic E-state index is -1.58. The Morgan fingerprint density at radius 2 is 1.36 bits per heavy atom. The highest BCUT2D eigenvalue weighted by Crippen LogP contribution is 2.34. The Labute approximate surface area is 181 Å². The SMILES string of the molecule is COC(=O)C(Cc1cncc(Br)c1)(Cc1cncc(Br)c1)C(=O)OC(C)(C)C. The van der Waals surface area contributed by atoms with Crippen molar-refractivity contribution in [2.75, 3.05) is 7.11 Å². The van der Waals surface area contributed by atoms with E-state index < -0.39 is 23.0 Å². The molecule has 0 aliphatic rings. The minimum absolute atomic E-state index is 0.0769. The van der Waals surface area contributed by atoms with Crippen LogP contribution in [0.2, 0.25) is 0 Å². The predicted molar refractivity (Wildman–Crippen MR) is 112 cm³/mol. The maximum atomic E-state index is 13.3. The number of esters is 2. The Balaban J connectivity index is 2.56. The van der Waals surface area contributed by atoms with E-state index in [0.717, 1.165) is 8.95 Å². The van der Waals surface area contributed by atoms with Crippen molar-refractivity contribution >= 4 is 43.8 Å². The fraction of sp³-hybridized carbons (Fsp3) is 0.400. The normalized spacial score (nSPS) is 11.8. The van der Waals surface area contributed by atoms with Gasteiger partial charge in [0.25, 0.3) is 0 Å². The van der Waals surface area contributed by atoms with E-state index in [-0.39, 0.29) is 12.8 Å². The molecule has 0 amide bonds. The van der Waals surface area contributed by atoms with Gasteiger partial charge in [-0.25, -0.2) is 0 Å². The standard InChI is InChI=1S/C20H22Br2N2O4/c1-19(2,3)28-18(26)20(17(25)27-4,7-13-5-15(21)11-23-9-13)8-14-6-16(22)12-24-10-14/h5-6,9-12H,7-8H2,1-4H3. The molecular formula is C20H22Br2N2O4. The number of halogens is 2. The summed E-state index contributed by atoms with van der Waals surface area (Å²) in [4.78, 5) is 34.5. The largest absolute Gasteiger partial charge is 0.468 e. The second-order valence-electron chi connectivity index (χ2n) is 7.45. The van der Waals surface area contributed by atoms with Crippen LogP contribution in [0.25, 0.3) is 0 Å². The van der Waals surface area contributed by atoms with Crippen LogP contribution in [0.1, 0.15) is 31.9 Å². The van der Waals surface area contributed by atoms with Gasteiger partial charge in [0.2, 0.25) is 0 Å². The lowest BCUT2D eigenvalue weighted by Crippen LogP contribution is -2.47. The fourth-order valence-corrected chi connectivity index (χ4v) is 3.63.